The Bertz CT molecular complexity index is 1110. The van der Waals surface area contributed by atoms with Crippen molar-refractivity contribution in [3.63, 3.8) is 0 Å². The number of anilines is 1. The van der Waals surface area contributed by atoms with E-state index < -0.39 is 9.84 Å². The van der Waals surface area contributed by atoms with Gasteiger partial charge in [0, 0.05) is 16.3 Å². The lowest BCUT2D eigenvalue weighted by atomic mass is 10.1. The van der Waals surface area contributed by atoms with E-state index in [1.807, 2.05) is 19.9 Å². The molecule has 0 saturated heterocycles. The summed E-state index contributed by atoms with van der Waals surface area (Å²) >= 11 is 5.98. The molecule has 0 bridgehead atoms. The topological polar surface area (TPSA) is 63.2 Å². The van der Waals surface area contributed by atoms with E-state index in [0.717, 1.165) is 11.1 Å². The molecule has 28 heavy (non-hydrogen) atoms. The maximum atomic E-state index is 12.6. The molecule has 0 aromatic heterocycles. The van der Waals surface area contributed by atoms with Gasteiger partial charge < -0.3 is 5.32 Å². The maximum absolute atomic E-state index is 12.6. The minimum Gasteiger partial charge on any atom is -0.322 e. The van der Waals surface area contributed by atoms with E-state index in [9.17, 15) is 13.2 Å². The van der Waals surface area contributed by atoms with Gasteiger partial charge in [-0.05, 0) is 61.4 Å². The highest BCUT2D eigenvalue weighted by atomic mass is 35.5. The predicted octanol–water partition coefficient (Wildman–Crippen LogP) is 5.18. The zero-order chi connectivity index (χ0) is 20.3. The van der Waals surface area contributed by atoms with Gasteiger partial charge in [-0.3, -0.25) is 4.79 Å². The molecular formula is C22H20ClNO3S. The molecule has 0 aliphatic heterocycles. The van der Waals surface area contributed by atoms with Crippen LogP contribution >= 0.6 is 11.6 Å². The SMILES string of the molecule is Cc1ccc(S(=O)(=O)Cc2ccc(C(=O)Nc3cc(Cl)ccc3C)cc2)cc1. The number of carbonyl (C=O) groups excluding carboxylic acids is 1. The van der Waals surface area contributed by atoms with Crippen LogP contribution in [0.3, 0.4) is 0 Å². The summed E-state index contributed by atoms with van der Waals surface area (Å²) < 4.78 is 25.1. The molecule has 1 amide bonds. The highest BCUT2D eigenvalue weighted by Gasteiger charge is 2.16. The second-order valence-corrected chi connectivity index (χ2v) is 9.11. The van der Waals surface area contributed by atoms with E-state index in [2.05, 4.69) is 5.32 Å². The molecule has 0 saturated carbocycles. The number of amides is 1. The number of benzene rings is 3. The Morgan fingerprint density at radius 3 is 2.21 bits per heavy atom. The van der Waals surface area contributed by atoms with Crippen molar-refractivity contribution in [2.45, 2.75) is 24.5 Å². The van der Waals surface area contributed by atoms with Crippen molar-refractivity contribution in [2.75, 3.05) is 5.32 Å². The van der Waals surface area contributed by atoms with E-state index in [1.54, 1.807) is 60.7 Å². The zero-order valence-electron chi connectivity index (χ0n) is 15.6. The molecule has 4 nitrogen and oxygen atoms in total. The van der Waals surface area contributed by atoms with Gasteiger partial charge in [0.2, 0.25) is 0 Å². The van der Waals surface area contributed by atoms with E-state index in [1.165, 1.54) is 0 Å². The van der Waals surface area contributed by atoms with Crippen LogP contribution in [-0.2, 0) is 15.6 Å². The molecule has 0 radical (unpaired) electrons. The minimum atomic E-state index is -3.44. The van der Waals surface area contributed by atoms with Crippen molar-refractivity contribution in [2.24, 2.45) is 0 Å². The van der Waals surface area contributed by atoms with Gasteiger partial charge in [0.15, 0.2) is 9.84 Å². The van der Waals surface area contributed by atoms with Crippen molar-refractivity contribution >= 4 is 33.0 Å². The third-order valence-corrected chi connectivity index (χ3v) is 6.34. The molecule has 0 heterocycles. The molecule has 3 rings (SSSR count). The van der Waals surface area contributed by atoms with Crippen LogP contribution < -0.4 is 5.32 Å². The third kappa shape index (κ3) is 4.80. The van der Waals surface area contributed by atoms with Crippen molar-refractivity contribution in [1.29, 1.82) is 0 Å². The summed E-state index contributed by atoms with van der Waals surface area (Å²) in [4.78, 5) is 12.7. The molecule has 1 N–H and O–H groups in total. The van der Waals surface area contributed by atoms with Gasteiger partial charge in [-0.25, -0.2) is 8.42 Å². The predicted molar refractivity (Wildman–Crippen MR) is 113 cm³/mol. The first-order chi connectivity index (χ1) is 13.2. The average molecular weight is 414 g/mol. The van der Waals surface area contributed by atoms with E-state index >= 15 is 0 Å². The number of aryl methyl sites for hydroxylation is 2. The lowest BCUT2D eigenvalue weighted by molar-refractivity contribution is 0.102. The molecule has 0 fully saturated rings. The molecule has 144 valence electrons. The van der Waals surface area contributed by atoms with Gasteiger partial charge >= 0.3 is 0 Å². The number of rotatable bonds is 5. The number of nitrogens with one attached hydrogen (secondary N) is 1. The van der Waals surface area contributed by atoms with E-state index in [0.29, 0.717) is 21.8 Å². The normalized spacial score (nSPS) is 11.2. The number of hydrogen-bond acceptors (Lipinski definition) is 3. The molecular weight excluding hydrogens is 394 g/mol. The van der Waals surface area contributed by atoms with Crippen molar-refractivity contribution < 1.29 is 13.2 Å². The third-order valence-electron chi connectivity index (χ3n) is 4.40. The molecule has 3 aromatic rings. The van der Waals surface area contributed by atoms with Crippen LogP contribution in [0.4, 0.5) is 5.69 Å². The van der Waals surface area contributed by atoms with Gasteiger partial charge in [-0.2, -0.15) is 0 Å². The van der Waals surface area contributed by atoms with E-state index in [-0.39, 0.29) is 16.6 Å². The fourth-order valence-corrected chi connectivity index (χ4v) is 4.24. The average Bonchev–Trinajstić information content (AvgIpc) is 2.65. The monoisotopic (exact) mass is 413 g/mol. The van der Waals surface area contributed by atoms with Gasteiger partial charge in [0.05, 0.1) is 10.6 Å². The number of sulfone groups is 1. The fraction of sp³-hybridized carbons (Fsp3) is 0.136. The summed E-state index contributed by atoms with van der Waals surface area (Å²) in [6.45, 7) is 3.79. The molecule has 0 spiro atoms. The summed E-state index contributed by atoms with van der Waals surface area (Å²) in [7, 11) is -3.44. The van der Waals surface area contributed by atoms with Crippen LogP contribution in [-0.4, -0.2) is 14.3 Å². The first-order valence-corrected chi connectivity index (χ1v) is 10.7. The van der Waals surface area contributed by atoms with Gasteiger partial charge in [0.25, 0.3) is 5.91 Å². The molecule has 0 aliphatic carbocycles. The van der Waals surface area contributed by atoms with Crippen LogP contribution in [0.1, 0.15) is 27.0 Å². The van der Waals surface area contributed by atoms with Gasteiger partial charge in [-0.1, -0.05) is 47.5 Å². The zero-order valence-corrected chi connectivity index (χ0v) is 17.1. The smallest absolute Gasteiger partial charge is 0.255 e. The fourth-order valence-electron chi connectivity index (χ4n) is 2.72. The molecule has 0 atom stereocenters. The molecule has 0 aliphatic rings. The second kappa shape index (κ2) is 8.17. The Balaban J connectivity index is 1.73. The summed E-state index contributed by atoms with van der Waals surface area (Å²) in [6, 6.07) is 18.6. The van der Waals surface area contributed by atoms with Crippen LogP contribution in [0, 0.1) is 13.8 Å². The van der Waals surface area contributed by atoms with Gasteiger partial charge in [-0.15, -0.1) is 0 Å². The highest BCUT2D eigenvalue weighted by molar-refractivity contribution is 7.90. The van der Waals surface area contributed by atoms with Crippen molar-refractivity contribution in [3.8, 4) is 0 Å². The minimum absolute atomic E-state index is 0.120. The standard InChI is InChI=1S/C22H20ClNO3S/c1-15-3-11-20(12-4-15)28(26,27)14-17-6-8-18(9-7-17)22(25)24-21-13-19(23)10-5-16(21)2/h3-13H,14H2,1-2H3,(H,24,25). The van der Waals surface area contributed by atoms with Gasteiger partial charge in [0.1, 0.15) is 0 Å². The van der Waals surface area contributed by atoms with Crippen LogP contribution in [0.25, 0.3) is 0 Å². The number of carbonyl (C=O) groups is 1. The summed E-state index contributed by atoms with van der Waals surface area (Å²) in [5, 5.41) is 3.36. The first-order valence-electron chi connectivity index (χ1n) is 8.70. The number of hydrogen-bond donors (Lipinski definition) is 1. The Morgan fingerprint density at radius 2 is 1.57 bits per heavy atom. The Morgan fingerprint density at radius 1 is 0.929 bits per heavy atom. The molecule has 0 unspecified atom stereocenters. The summed E-state index contributed by atoms with van der Waals surface area (Å²) in [5.74, 6) is -0.399. The summed E-state index contributed by atoms with van der Waals surface area (Å²) in [6.07, 6.45) is 0. The quantitative estimate of drug-likeness (QED) is 0.626. The lowest BCUT2D eigenvalue weighted by Crippen LogP contribution is -2.13. The highest BCUT2D eigenvalue weighted by Crippen LogP contribution is 2.22. The lowest BCUT2D eigenvalue weighted by Gasteiger charge is -2.10. The van der Waals surface area contributed by atoms with Crippen LogP contribution in [0.15, 0.2) is 71.6 Å². The van der Waals surface area contributed by atoms with Crippen LogP contribution in [0.2, 0.25) is 5.02 Å². The molecule has 3 aromatic carbocycles. The second-order valence-electron chi connectivity index (χ2n) is 6.68. The molecule has 6 heteroatoms. The Kier molecular flexibility index (Phi) is 5.87. The van der Waals surface area contributed by atoms with E-state index in [4.69, 9.17) is 11.6 Å². The number of halogens is 1. The van der Waals surface area contributed by atoms with Crippen LogP contribution in [0.5, 0.6) is 0 Å². The maximum Gasteiger partial charge on any atom is 0.255 e. The first kappa shape index (κ1) is 20.1. The van der Waals surface area contributed by atoms with Crippen molar-refractivity contribution in [3.05, 3.63) is 94.0 Å². The largest absolute Gasteiger partial charge is 0.322 e. The Labute approximate surface area is 170 Å². The van der Waals surface area contributed by atoms with Crippen molar-refractivity contribution in [1.82, 2.24) is 0 Å². The summed E-state index contributed by atoms with van der Waals surface area (Å²) in [5.41, 5.74) is 3.61. The Hall–Kier alpha value is -2.63.